The van der Waals surface area contributed by atoms with Crippen molar-refractivity contribution in [2.75, 3.05) is 13.2 Å². The predicted octanol–water partition coefficient (Wildman–Crippen LogP) is 4.62. The number of halogens is 1. The molecule has 7 heteroatoms. The second-order valence-corrected chi connectivity index (χ2v) is 8.14. The van der Waals surface area contributed by atoms with E-state index in [0.29, 0.717) is 41.8 Å². The summed E-state index contributed by atoms with van der Waals surface area (Å²) in [6.45, 7) is 2.81. The second kappa shape index (κ2) is 8.24. The monoisotopic (exact) mass is 446 g/mol. The van der Waals surface area contributed by atoms with Gasteiger partial charge in [0, 0.05) is 41.7 Å². The van der Waals surface area contributed by atoms with E-state index in [1.54, 1.807) is 15.5 Å². The third-order valence-electron chi connectivity index (χ3n) is 6.20. The maximum absolute atomic E-state index is 14.1. The highest BCUT2D eigenvalue weighted by Crippen LogP contribution is 2.35. The maximum Gasteiger partial charge on any atom is 0.323 e. The van der Waals surface area contributed by atoms with Crippen LogP contribution in [0.3, 0.4) is 0 Å². The molecule has 0 spiro atoms. The van der Waals surface area contributed by atoms with Crippen LogP contribution < -0.4 is 4.74 Å². The van der Waals surface area contributed by atoms with E-state index in [4.69, 9.17) is 4.74 Å². The van der Waals surface area contributed by atoms with Crippen LogP contribution in [0.2, 0.25) is 0 Å². The standard InChI is InChI=1S/C26H23FN2O4/c1-2-33-23-10-7-16-5-3-4-6-18(16)25(23)26(32)28-12-11-22-20(14-28)19-13-17(27)8-9-21(19)29(22)15-24(30)31/h3-10,13H,2,11-12,14-15H2,1H3,(H,30,31). The Bertz CT molecular complexity index is 1410. The molecular formula is C26H23FN2O4. The summed E-state index contributed by atoms with van der Waals surface area (Å²) in [6, 6.07) is 15.8. The second-order valence-electron chi connectivity index (χ2n) is 8.14. The highest BCUT2D eigenvalue weighted by Gasteiger charge is 2.30. The van der Waals surface area contributed by atoms with Crippen LogP contribution in [0.1, 0.15) is 28.5 Å². The summed E-state index contributed by atoms with van der Waals surface area (Å²) in [6.07, 6.45) is 0.486. The van der Waals surface area contributed by atoms with Crippen molar-refractivity contribution in [2.24, 2.45) is 0 Å². The fourth-order valence-corrected chi connectivity index (χ4v) is 4.82. The number of fused-ring (bicyclic) bond motifs is 4. The smallest absolute Gasteiger partial charge is 0.323 e. The third-order valence-corrected chi connectivity index (χ3v) is 6.20. The summed E-state index contributed by atoms with van der Waals surface area (Å²) in [4.78, 5) is 27.0. The van der Waals surface area contributed by atoms with Crippen molar-refractivity contribution in [3.8, 4) is 5.75 Å². The van der Waals surface area contributed by atoms with Gasteiger partial charge >= 0.3 is 5.97 Å². The molecule has 0 atom stereocenters. The fourth-order valence-electron chi connectivity index (χ4n) is 4.82. The first-order valence-corrected chi connectivity index (χ1v) is 10.9. The average Bonchev–Trinajstić information content (AvgIpc) is 3.10. The summed E-state index contributed by atoms with van der Waals surface area (Å²) in [5, 5.41) is 11.8. The largest absolute Gasteiger partial charge is 0.493 e. The summed E-state index contributed by atoms with van der Waals surface area (Å²) < 4.78 is 21.6. The number of hydrogen-bond acceptors (Lipinski definition) is 3. The summed E-state index contributed by atoms with van der Waals surface area (Å²) in [5.41, 5.74) is 2.81. The molecule has 0 saturated carbocycles. The number of aromatic nitrogens is 1. The molecule has 5 rings (SSSR count). The van der Waals surface area contributed by atoms with Crippen molar-refractivity contribution < 1.29 is 23.8 Å². The number of carboxylic acid groups (broad SMARTS) is 1. The first-order chi connectivity index (χ1) is 16.0. The van der Waals surface area contributed by atoms with Gasteiger partial charge in [0.15, 0.2) is 0 Å². The number of benzene rings is 3. The van der Waals surface area contributed by atoms with Gasteiger partial charge in [-0.3, -0.25) is 9.59 Å². The zero-order valence-electron chi connectivity index (χ0n) is 18.2. The van der Waals surface area contributed by atoms with Gasteiger partial charge < -0.3 is 19.3 Å². The van der Waals surface area contributed by atoms with E-state index < -0.39 is 11.8 Å². The Morgan fingerprint density at radius 2 is 1.91 bits per heavy atom. The zero-order chi connectivity index (χ0) is 23.1. The molecule has 168 valence electrons. The van der Waals surface area contributed by atoms with Gasteiger partial charge in [-0.1, -0.05) is 30.3 Å². The molecule has 0 bridgehead atoms. The SMILES string of the molecule is CCOc1ccc2ccccc2c1C(=O)N1CCc2c(c3cc(F)ccc3n2CC(=O)O)C1. The fraction of sp³-hybridized carbons (Fsp3) is 0.231. The number of aliphatic carboxylic acids is 1. The van der Waals surface area contributed by atoms with Crippen LogP contribution >= 0.6 is 0 Å². The van der Waals surface area contributed by atoms with Crippen molar-refractivity contribution >= 4 is 33.6 Å². The van der Waals surface area contributed by atoms with Gasteiger partial charge in [0.25, 0.3) is 5.91 Å². The van der Waals surface area contributed by atoms with Gasteiger partial charge in [0.2, 0.25) is 0 Å². The van der Waals surface area contributed by atoms with Gasteiger partial charge in [-0.25, -0.2) is 4.39 Å². The Balaban J connectivity index is 1.60. The molecule has 0 aliphatic carbocycles. The molecule has 1 aliphatic rings. The normalized spacial score (nSPS) is 13.3. The van der Waals surface area contributed by atoms with Gasteiger partial charge in [-0.05, 0) is 42.0 Å². The molecule has 1 aliphatic heterocycles. The summed E-state index contributed by atoms with van der Waals surface area (Å²) in [7, 11) is 0. The topological polar surface area (TPSA) is 71.8 Å². The Morgan fingerprint density at radius 3 is 2.70 bits per heavy atom. The molecule has 6 nitrogen and oxygen atoms in total. The molecule has 1 N–H and O–H groups in total. The summed E-state index contributed by atoms with van der Waals surface area (Å²) >= 11 is 0. The highest BCUT2D eigenvalue weighted by atomic mass is 19.1. The number of rotatable bonds is 5. The van der Waals surface area contributed by atoms with E-state index >= 15 is 0 Å². The minimum Gasteiger partial charge on any atom is -0.493 e. The van der Waals surface area contributed by atoms with Crippen LogP contribution in [0, 0.1) is 5.82 Å². The number of nitrogens with zero attached hydrogens (tertiary/aromatic N) is 2. The van der Waals surface area contributed by atoms with E-state index in [9.17, 15) is 19.1 Å². The van der Waals surface area contributed by atoms with Crippen molar-refractivity contribution in [3.63, 3.8) is 0 Å². The van der Waals surface area contributed by atoms with Crippen LogP contribution in [0.5, 0.6) is 5.75 Å². The molecule has 3 aromatic carbocycles. The Morgan fingerprint density at radius 1 is 1.09 bits per heavy atom. The minimum absolute atomic E-state index is 0.156. The van der Waals surface area contributed by atoms with Crippen molar-refractivity contribution in [2.45, 2.75) is 26.4 Å². The number of carbonyl (C=O) groups excluding carboxylic acids is 1. The highest BCUT2D eigenvalue weighted by molar-refractivity contribution is 6.09. The predicted molar refractivity (Wildman–Crippen MR) is 123 cm³/mol. The van der Waals surface area contributed by atoms with Crippen LogP contribution in [0.15, 0.2) is 54.6 Å². The first kappa shape index (κ1) is 21.0. The molecular weight excluding hydrogens is 423 g/mol. The number of carbonyl (C=O) groups is 2. The lowest BCUT2D eigenvalue weighted by Gasteiger charge is -2.29. The Hall–Kier alpha value is -3.87. The van der Waals surface area contributed by atoms with Crippen molar-refractivity contribution in [1.82, 2.24) is 9.47 Å². The summed E-state index contributed by atoms with van der Waals surface area (Å²) in [5.74, 6) is -0.980. The molecule has 1 amide bonds. The van der Waals surface area contributed by atoms with Crippen LogP contribution in [0.25, 0.3) is 21.7 Å². The minimum atomic E-state index is -0.963. The van der Waals surface area contributed by atoms with E-state index in [0.717, 1.165) is 22.0 Å². The van der Waals surface area contributed by atoms with Gasteiger partial charge in [-0.15, -0.1) is 0 Å². The molecule has 0 unspecified atom stereocenters. The first-order valence-electron chi connectivity index (χ1n) is 10.9. The average molecular weight is 446 g/mol. The zero-order valence-corrected chi connectivity index (χ0v) is 18.2. The number of ether oxygens (including phenoxy) is 1. The van der Waals surface area contributed by atoms with E-state index in [2.05, 4.69) is 0 Å². The molecule has 1 aromatic heterocycles. The lowest BCUT2D eigenvalue weighted by Crippen LogP contribution is -2.36. The number of carboxylic acids is 1. The molecule has 4 aromatic rings. The van der Waals surface area contributed by atoms with E-state index in [-0.39, 0.29) is 19.0 Å². The Kier molecular flexibility index (Phi) is 5.24. The van der Waals surface area contributed by atoms with Crippen molar-refractivity contribution in [3.05, 3.63) is 77.2 Å². The van der Waals surface area contributed by atoms with Crippen LogP contribution in [-0.4, -0.2) is 39.6 Å². The van der Waals surface area contributed by atoms with E-state index in [1.165, 1.54) is 12.1 Å². The number of amides is 1. The molecule has 33 heavy (non-hydrogen) atoms. The van der Waals surface area contributed by atoms with Gasteiger partial charge in [0.05, 0.1) is 12.2 Å². The quantitative estimate of drug-likeness (QED) is 0.486. The lowest BCUT2D eigenvalue weighted by molar-refractivity contribution is -0.137. The van der Waals surface area contributed by atoms with Crippen molar-refractivity contribution in [1.29, 1.82) is 0 Å². The lowest BCUT2D eigenvalue weighted by atomic mass is 9.99. The van der Waals surface area contributed by atoms with Gasteiger partial charge in [-0.2, -0.15) is 0 Å². The molecule has 0 radical (unpaired) electrons. The van der Waals surface area contributed by atoms with Crippen LogP contribution in [0.4, 0.5) is 4.39 Å². The third kappa shape index (κ3) is 3.59. The van der Waals surface area contributed by atoms with Crippen LogP contribution in [-0.2, 0) is 24.3 Å². The van der Waals surface area contributed by atoms with Gasteiger partial charge in [0.1, 0.15) is 18.1 Å². The maximum atomic E-state index is 14.1. The van der Waals surface area contributed by atoms with E-state index in [1.807, 2.05) is 43.3 Å². The molecule has 0 saturated heterocycles. The number of hydrogen-bond donors (Lipinski definition) is 1. The Labute approximate surface area is 189 Å². The molecule has 0 fully saturated rings. The molecule has 2 heterocycles.